The van der Waals surface area contributed by atoms with E-state index in [1.54, 1.807) is 0 Å². The van der Waals surface area contributed by atoms with Gasteiger partial charge in [-0.05, 0) is 89.1 Å². The first-order chi connectivity index (χ1) is 13.2. The number of fused-ring (bicyclic) bond motifs is 2. The van der Waals surface area contributed by atoms with Crippen molar-refractivity contribution in [1.82, 2.24) is 25.2 Å². The topological polar surface area (TPSA) is 63.1 Å². The highest BCUT2D eigenvalue weighted by atomic mass is 16.2. The summed E-state index contributed by atoms with van der Waals surface area (Å²) in [6, 6.07) is 0.800. The van der Waals surface area contributed by atoms with Crippen LogP contribution in [0, 0.1) is 24.7 Å². The zero-order chi connectivity index (χ0) is 18.4. The summed E-state index contributed by atoms with van der Waals surface area (Å²) in [4.78, 5) is 15.4. The highest BCUT2D eigenvalue weighted by molar-refractivity contribution is 5.93. The standard InChI is InChI=1S/C21H33N5O/c1-14-20(23-24-26(14)18-6-8-22-9-7-18)21(27)25-10-2-3-19(25)13-17-12-15-4-5-16(17)11-15/h15-19,22H,2-13H2,1H3. The van der Waals surface area contributed by atoms with Gasteiger partial charge in [0.1, 0.15) is 0 Å². The molecule has 148 valence electrons. The van der Waals surface area contributed by atoms with E-state index in [1.165, 1.54) is 38.5 Å². The molecule has 1 aromatic heterocycles. The first-order valence-electron chi connectivity index (χ1n) is 11.1. The molecule has 4 unspecified atom stereocenters. The van der Waals surface area contributed by atoms with Crippen molar-refractivity contribution >= 4 is 5.91 Å². The fourth-order valence-corrected chi connectivity index (χ4v) is 6.44. The average Bonchev–Trinajstić information content (AvgIpc) is 3.46. The number of likely N-dealkylation sites (tertiary alicyclic amines) is 1. The van der Waals surface area contributed by atoms with Gasteiger partial charge in [-0.1, -0.05) is 11.6 Å². The Morgan fingerprint density at radius 3 is 2.74 bits per heavy atom. The Labute approximate surface area is 162 Å². The molecule has 2 saturated carbocycles. The number of nitrogens with one attached hydrogen (secondary N) is 1. The first kappa shape index (κ1) is 17.7. The fraction of sp³-hybridized carbons (Fsp3) is 0.857. The van der Waals surface area contributed by atoms with Gasteiger partial charge in [0, 0.05) is 12.6 Å². The lowest BCUT2D eigenvalue weighted by Gasteiger charge is -2.30. The van der Waals surface area contributed by atoms with Crippen molar-refractivity contribution in [2.75, 3.05) is 19.6 Å². The number of piperidine rings is 1. The lowest BCUT2D eigenvalue weighted by atomic mass is 9.83. The minimum Gasteiger partial charge on any atom is -0.334 e. The van der Waals surface area contributed by atoms with Gasteiger partial charge >= 0.3 is 0 Å². The molecule has 2 aliphatic carbocycles. The lowest BCUT2D eigenvalue weighted by molar-refractivity contribution is 0.0701. The Kier molecular flexibility index (Phi) is 4.70. The molecule has 6 heteroatoms. The van der Waals surface area contributed by atoms with Crippen LogP contribution >= 0.6 is 0 Å². The van der Waals surface area contributed by atoms with Gasteiger partial charge in [0.05, 0.1) is 11.7 Å². The van der Waals surface area contributed by atoms with Gasteiger partial charge in [0.2, 0.25) is 0 Å². The highest BCUT2D eigenvalue weighted by Gasteiger charge is 2.42. The number of carbonyl (C=O) groups excluding carboxylic acids is 1. The van der Waals surface area contributed by atoms with E-state index in [9.17, 15) is 4.79 Å². The zero-order valence-corrected chi connectivity index (χ0v) is 16.6. The van der Waals surface area contributed by atoms with E-state index in [-0.39, 0.29) is 5.91 Å². The number of hydrogen-bond donors (Lipinski definition) is 1. The molecule has 6 nitrogen and oxygen atoms in total. The van der Waals surface area contributed by atoms with Gasteiger partial charge in [-0.3, -0.25) is 4.79 Å². The third kappa shape index (κ3) is 3.20. The first-order valence-corrected chi connectivity index (χ1v) is 11.1. The van der Waals surface area contributed by atoms with Crippen molar-refractivity contribution < 1.29 is 4.79 Å². The average molecular weight is 372 g/mol. The molecular weight excluding hydrogens is 338 g/mol. The zero-order valence-electron chi connectivity index (χ0n) is 16.6. The molecule has 0 aromatic carbocycles. The van der Waals surface area contributed by atoms with Gasteiger partial charge < -0.3 is 10.2 Å². The summed E-state index contributed by atoms with van der Waals surface area (Å²) in [6.07, 6.45) is 11.4. The largest absolute Gasteiger partial charge is 0.334 e. The molecule has 1 amide bonds. The molecular formula is C21H33N5O. The van der Waals surface area contributed by atoms with Crippen LogP contribution in [0.25, 0.3) is 0 Å². The Morgan fingerprint density at radius 2 is 2.00 bits per heavy atom. The smallest absolute Gasteiger partial charge is 0.276 e. The number of rotatable bonds is 4. The summed E-state index contributed by atoms with van der Waals surface area (Å²) in [5.41, 5.74) is 1.55. The number of hydrogen-bond acceptors (Lipinski definition) is 4. The SMILES string of the molecule is Cc1c(C(=O)N2CCCC2CC2CC3CCC2C3)nnn1C1CCNCC1. The van der Waals surface area contributed by atoms with Gasteiger partial charge in [-0.25, -0.2) is 4.68 Å². The summed E-state index contributed by atoms with van der Waals surface area (Å²) in [5.74, 6) is 2.90. The second-order valence-electron chi connectivity index (χ2n) is 9.41. The minimum absolute atomic E-state index is 0.123. The third-order valence-electron chi connectivity index (χ3n) is 7.88. The summed E-state index contributed by atoms with van der Waals surface area (Å²) >= 11 is 0. The second kappa shape index (κ2) is 7.19. The van der Waals surface area contributed by atoms with Crippen LogP contribution in [-0.4, -0.2) is 51.5 Å². The van der Waals surface area contributed by atoms with Crippen LogP contribution in [0.15, 0.2) is 0 Å². The normalized spacial score (nSPS) is 33.9. The number of amides is 1. The van der Waals surface area contributed by atoms with Crippen molar-refractivity contribution in [3.63, 3.8) is 0 Å². The number of nitrogens with zero attached hydrogens (tertiary/aromatic N) is 4. The van der Waals surface area contributed by atoms with Gasteiger partial charge in [0.25, 0.3) is 5.91 Å². The maximum atomic E-state index is 13.3. The Bertz CT molecular complexity index is 695. The predicted molar refractivity (Wildman–Crippen MR) is 104 cm³/mol. The number of carbonyl (C=O) groups is 1. The van der Waals surface area contributed by atoms with E-state index in [4.69, 9.17) is 0 Å². The van der Waals surface area contributed by atoms with Gasteiger partial charge in [-0.2, -0.15) is 0 Å². The van der Waals surface area contributed by atoms with Crippen LogP contribution in [0.1, 0.15) is 80.0 Å². The van der Waals surface area contributed by atoms with Crippen LogP contribution in [0.3, 0.4) is 0 Å². The van der Waals surface area contributed by atoms with Crippen molar-refractivity contribution in [2.24, 2.45) is 17.8 Å². The molecule has 4 atom stereocenters. The van der Waals surface area contributed by atoms with Crippen molar-refractivity contribution in [3.8, 4) is 0 Å². The summed E-state index contributed by atoms with van der Waals surface area (Å²) in [5, 5.41) is 12.1. The molecule has 2 saturated heterocycles. The summed E-state index contributed by atoms with van der Waals surface area (Å²) in [7, 11) is 0. The molecule has 0 radical (unpaired) electrons. The van der Waals surface area contributed by atoms with Gasteiger partial charge in [0.15, 0.2) is 5.69 Å². The van der Waals surface area contributed by atoms with E-state index in [2.05, 4.69) is 20.5 Å². The van der Waals surface area contributed by atoms with Crippen LogP contribution in [0.5, 0.6) is 0 Å². The summed E-state index contributed by atoms with van der Waals surface area (Å²) < 4.78 is 2.01. The van der Waals surface area contributed by atoms with Crippen LogP contribution in [-0.2, 0) is 0 Å². The molecule has 4 aliphatic rings. The molecule has 5 rings (SSSR count). The van der Waals surface area contributed by atoms with Crippen molar-refractivity contribution in [2.45, 2.75) is 76.8 Å². The van der Waals surface area contributed by atoms with Crippen LogP contribution < -0.4 is 5.32 Å². The van der Waals surface area contributed by atoms with Crippen molar-refractivity contribution in [1.29, 1.82) is 0 Å². The van der Waals surface area contributed by atoms with Crippen LogP contribution in [0.2, 0.25) is 0 Å². The minimum atomic E-state index is 0.123. The second-order valence-corrected chi connectivity index (χ2v) is 9.41. The third-order valence-corrected chi connectivity index (χ3v) is 7.88. The molecule has 3 heterocycles. The Balaban J connectivity index is 1.29. The monoisotopic (exact) mass is 371 g/mol. The highest BCUT2D eigenvalue weighted by Crippen LogP contribution is 2.50. The molecule has 4 fully saturated rings. The Morgan fingerprint density at radius 1 is 1.15 bits per heavy atom. The molecule has 27 heavy (non-hydrogen) atoms. The molecule has 2 aliphatic heterocycles. The molecule has 1 aromatic rings. The van der Waals surface area contributed by atoms with E-state index in [0.29, 0.717) is 17.8 Å². The fourth-order valence-electron chi connectivity index (χ4n) is 6.44. The number of aromatic nitrogens is 3. The quantitative estimate of drug-likeness (QED) is 0.884. The van der Waals surface area contributed by atoms with Crippen molar-refractivity contribution in [3.05, 3.63) is 11.4 Å². The lowest BCUT2D eigenvalue weighted by Crippen LogP contribution is -2.38. The van der Waals surface area contributed by atoms with E-state index in [0.717, 1.165) is 62.3 Å². The Hall–Kier alpha value is -1.43. The van der Waals surface area contributed by atoms with Gasteiger partial charge in [-0.15, -0.1) is 5.10 Å². The van der Waals surface area contributed by atoms with E-state index in [1.807, 2.05) is 11.6 Å². The molecule has 1 N–H and O–H groups in total. The molecule has 2 bridgehead atoms. The predicted octanol–water partition coefficient (Wildman–Crippen LogP) is 2.94. The van der Waals surface area contributed by atoms with E-state index >= 15 is 0 Å². The van der Waals surface area contributed by atoms with E-state index < -0.39 is 0 Å². The maximum absolute atomic E-state index is 13.3. The van der Waals surface area contributed by atoms with Crippen LogP contribution in [0.4, 0.5) is 0 Å². The summed E-state index contributed by atoms with van der Waals surface area (Å²) in [6.45, 7) is 4.95. The maximum Gasteiger partial charge on any atom is 0.276 e. The molecule has 0 spiro atoms.